The van der Waals surface area contributed by atoms with Gasteiger partial charge in [-0.1, -0.05) is 0 Å². The number of ether oxygens (including phenoxy) is 2. The number of carbonyl (C=O) groups is 3. The number of aromatic amines is 1. The number of nitrogens with two attached hydrogens (primary N) is 1. The number of nitrogens with one attached hydrogen (secondary N) is 1. The third kappa shape index (κ3) is 2.56. The molecule has 1 fully saturated rings. The van der Waals surface area contributed by atoms with E-state index in [1.807, 2.05) is 0 Å². The third-order valence-corrected chi connectivity index (χ3v) is 3.42. The molecule has 1 saturated heterocycles. The average Bonchev–Trinajstić information content (AvgIpc) is 3.12. The molecule has 0 spiro atoms. The molecule has 1 aromatic heterocycles. The number of likely N-dealkylation sites (tertiary alicyclic amines) is 1. The van der Waals surface area contributed by atoms with Crippen LogP contribution in [0.3, 0.4) is 0 Å². The lowest BCUT2D eigenvalue weighted by Gasteiger charge is -2.15. The molecule has 0 aliphatic carbocycles. The van der Waals surface area contributed by atoms with E-state index in [-0.39, 0.29) is 22.6 Å². The second-order valence-electron chi connectivity index (χ2n) is 4.65. The Balaban J connectivity index is 2.53. The Morgan fingerprint density at radius 2 is 1.62 bits per heavy atom. The number of carbonyl (C=O) groups excluding carboxylic acids is 3. The second-order valence-corrected chi connectivity index (χ2v) is 4.65. The second kappa shape index (κ2) is 5.86. The lowest BCUT2D eigenvalue weighted by molar-refractivity contribution is 0.0549. The first kappa shape index (κ1) is 14.9. The summed E-state index contributed by atoms with van der Waals surface area (Å²) >= 11 is 0. The number of anilines is 1. The molecule has 8 heteroatoms. The van der Waals surface area contributed by atoms with Crippen LogP contribution in [0.4, 0.5) is 5.82 Å². The van der Waals surface area contributed by atoms with Gasteiger partial charge in [-0.15, -0.1) is 0 Å². The quantitative estimate of drug-likeness (QED) is 0.780. The Morgan fingerprint density at radius 3 is 2.14 bits per heavy atom. The predicted molar refractivity (Wildman–Crippen MR) is 73.0 cm³/mol. The van der Waals surface area contributed by atoms with E-state index in [1.54, 1.807) is 4.90 Å². The molecular formula is C13H17N3O5. The first-order chi connectivity index (χ1) is 10.0. The number of rotatable bonds is 3. The summed E-state index contributed by atoms with van der Waals surface area (Å²) in [6.07, 6.45) is 1.79. The highest BCUT2D eigenvalue weighted by molar-refractivity contribution is 6.14. The van der Waals surface area contributed by atoms with Crippen LogP contribution in [0, 0.1) is 0 Å². The molecule has 21 heavy (non-hydrogen) atoms. The fourth-order valence-electron chi connectivity index (χ4n) is 2.38. The van der Waals surface area contributed by atoms with Crippen molar-refractivity contribution in [3.05, 3.63) is 16.8 Å². The van der Waals surface area contributed by atoms with Crippen molar-refractivity contribution in [2.45, 2.75) is 12.8 Å². The number of esters is 2. The van der Waals surface area contributed by atoms with Crippen molar-refractivity contribution in [1.29, 1.82) is 0 Å². The number of nitrogens with zero attached hydrogens (tertiary/aromatic N) is 1. The minimum atomic E-state index is -0.814. The van der Waals surface area contributed by atoms with Gasteiger partial charge in [-0.25, -0.2) is 9.59 Å². The molecule has 114 valence electrons. The molecule has 0 aromatic carbocycles. The van der Waals surface area contributed by atoms with Crippen LogP contribution < -0.4 is 5.73 Å². The number of hydrogen-bond donors (Lipinski definition) is 2. The minimum absolute atomic E-state index is 0.0378. The van der Waals surface area contributed by atoms with Crippen LogP contribution in [0.15, 0.2) is 0 Å². The van der Waals surface area contributed by atoms with E-state index in [4.69, 9.17) is 5.73 Å². The number of amides is 1. The summed E-state index contributed by atoms with van der Waals surface area (Å²) in [5, 5.41) is 0. The number of methoxy groups -OCH3 is 2. The molecule has 3 N–H and O–H groups in total. The van der Waals surface area contributed by atoms with E-state index in [0.717, 1.165) is 20.0 Å². The van der Waals surface area contributed by atoms with Gasteiger partial charge in [0, 0.05) is 13.1 Å². The molecule has 0 saturated carbocycles. The van der Waals surface area contributed by atoms with Gasteiger partial charge in [-0.2, -0.15) is 0 Å². The van der Waals surface area contributed by atoms with Crippen molar-refractivity contribution < 1.29 is 23.9 Å². The smallest absolute Gasteiger partial charge is 0.355 e. The zero-order valence-corrected chi connectivity index (χ0v) is 11.9. The zero-order valence-electron chi connectivity index (χ0n) is 11.9. The van der Waals surface area contributed by atoms with Gasteiger partial charge < -0.3 is 25.1 Å². The van der Waals surface area contributed by atoms with Gasteiger partial charge in [-0.3, -0.25) is 4.79 Å². The molecule has 1 aliphatic heterocycles. The Labute approximate surface area is 121 Å². The molecule has 0 radical (unpaired) electrons. The lowest BCUT2D eigenvalue weighted by atomic mass is 10.1. The zero-order chi connectivity index (χ0) is 15.6. The average molecular weight is 295 g/mol. The van der Waals surface area contributed by atoms with E-state index in [1.165, 1.54) is 7.11 Å². The Morgan fingerprint density at radius 1 is 1.05 bits per heavy atom. The summed E-state index contributed by atoms with van der Waals surface area (Å²) in [6.45, 7) is 1.19. The topological polar surface area (TPSA) is 115 Å². The van der Waals surface area contributed by atoms with Crippen LogP contribution in [0.1, 0.15) is 44.0 Å². The van der Waals surface area contributed by atoms with E-state index in [0.29, 0.717) is 13.1 Å². The summed E-state index contributed by atoms with van der Waals surface area (Å²) < 4.78 is 9.23. The summed E-state index contributed by atoms with van der Waals surface area (Å²) in [5.41, 5.74) is 5.38. The van der Waals surface area contributed by atoms with Gasteiger partial charge in [0.25, 0.3) is 5.91 Å². The molecule has 1 aliphatic rings. The van der Waals surface area contributed by atoms with Gasteiger partial charge >= 0.3 is 11.9 Å². The summed E-state index contributed by atoms with van der Waals surface area (Å²) in [7, 11) is 2.33. The normalized spacial score (nSPS) is 14.1. The van der Waals surface area contributed by atoms with Gasteiger partial charge in [0.1, 0.15) is 17.1 Å². The van der Waals surface area contributed by atoms with E-state index in [2.05, 4.69) is 14.5 Å². The maximum atomic E-state index is 12.5. The molecule has 1 aromatic rings. The van der Waals surface area contributed by atoms with Gasteiger partial charge in [0.2, 0.25) is 0 Å². The lowest BCUT2D eigenvalue weighted by Crippen LogP contribution is -2.29. The van der Waals surface area contributed by atoms with Crippen LogP contribution in [-0.4, -0.2) is 55.0 Å². The Hall–Kier alpha value is -2.51. The molecule has 0 atom stereocenters. The first-order valence-electron chi connectivity index (χ1n) is 6.48. The fraction of sp³-hybridized carbons (Fsp3) is 0.462. The molecule has 0 bridgehead atoms. The number of hydrogen-bond acceptors (Lipinski definition) is 6. The Kier molecular flexibility index (Phi) is 4.15. The maximum absolute atomic E-state index is 12.5. The van der Waals surface area contributed by atoms with Gasteiger partial charge in [0.15, 0.2) is 0 Å². The van der Waals surface area contributed by atoms with Crippen LogP contribution >= 0.6 is 0 Å². The highest BCUT2D eigenvalue weighted by atomic mass is 16.5. The van der Waals surface area contributed by atoms with Crippen molar-refractivity contribution in [2.24, 2.45) is 0 Å². The Bertz CT molecular complexity index is 587. The largest absolute Gasteiger partial charge is 0.465 e. The molecule has 2 heterocycles. The predicted octanol–water partition coefficient (Wildman–Crippen LogP) is 0.406. The standard InChI is InChI=1S/C13H17N3O5/c1-20-12(18)7-8(11(17)16-5-3-4-6-16)10(14)15-9(7)13(19)21-2/h15H,3-6,14H2,1-2H3. The number of H-pyrrole nitrogens is 1. The van der Waals surface area contributed by atoms with Crippen molar-refractivity contribution in [2.75, 3.05) is 33.0 Å². The fourth-order valence-corrected chi connectivity index (χ4v) is 2.38. The van der Waals surface area contributed by atoms with Crippen molar-refractivity contribution in [1.82, 2.24) is 9.88 Å². The van der Waals surface area contributed by atoms with Crippen LogP contribution in [0.5, 0.6) is 0 Å². The van der Waals surface area contributed by atoms with Crippen molar-refractivity contribution in [3.63, 3.8) is 0 Å². The van der Waals surface area contributed by atoms with E-state index in [9.17, 15) is 14.4 Å². The maximum Gasteiger partial charge on any atom is 0.355 e. The highest BCUT2D eigenvalue weighted by Crippen LogP contribution is 2.26. The summed E-state index contributed by atoms with van der Waals surface area (Å²) in [4.78, 5) is 40.3. The monoisotopic (exact) mass is 295 g/mol. The summed E-state index contributed by atoms with van der Waals surface area (Å²) in [6, 6.07) is 0. The number of aromatic nitrogens is 1. The highest BCUT2D eigenvalue weighted by Gasteiger charge is 2.33. The number of nitrogen functional groups attached to an aromatic ring is 1. The molecule has 8 nitrogen and oxygen atoms in total. The van der Waals surface area contributed by atoms with Crippen molar-refractivity contribution in [3.8, 4) is 0 Å². The van der Waals surface area contributed by atoms with E-state index >= 15 is 0 Å². The van der Waals surface area contributed by atoms with E-state index < -0.39 is 17.8 Å². The van der Waals surface area contributed by atoms with Gasteiger partial charge in [-0.05, 0) is 12.8 Å². The van der Waals surface area contributed by atoms with Crippen LogP contribution in [-0.2, 0) is 9.47 Å². The molecular weight excluding hydrogens is 278 g/mol. The first-order valence-corrected chi connectivity index (χ1v) is 6.48. The third-order valence-electron chi connectivity index (χ3n) is 3.42. The van der Waals surface area contributed by atoms with Gasteiger partial charge in [0.05, 0.1) is 19.8 Å². The van der Waals surface area contributed by atoms with Crippen LogP contribution in [0.25, 0.3) is 0 Å². The van der Waals surface area contributed by atoms with Crippen molar-refractivity contribution >= 4 is 23.7 Å². The molecule has 1 amide bonds. The molecule has 0 unspecified atom stereocenters. The van der Waals surface area contributed by atoms with Crippen LogP contribution in [0.2, 0.25) is 0 Å². The summed E-state index contributed by atoms with van der Waals surface area (Å²) in [5.74, 6) is -2.04. The SMILES string of the molecule is COC(=O)c1[nH]c(N)c(C(=O)N2CCCC2)c1C(=O)OC. The molecule has 2 rings (SSSR count). The minimum Gasteiger partial charge on any atom is -0.465 e.